The molecule has 130 valence electrons. The molecule has 2 heterocycles. The van der Waals surface area contributed by atoms with Crippen molar-refractivity contribution in [1.29, 1.82) is 0 Å². The molecule has 25 heavy (non-hydrogen) atoms. The summed E-state index contributed by atoms with van der Waals surface area (Å²) >= 11 is 1.56. The summed E-state index contributed by atoms with van der Waals surface area (Å²) in [5.74, 6) is -0.175. The first-order valence-electron chi connectivity index (χ1n) is 8.24. The Morgan fingerprint density at radius 2 is 1.92 bits per heavy atom. The average molecular weight is 356 g/mol. The number of hydrogen-bond donors (Lipinski definition) is 1. The Balaban J connectivity index is 2.11. The molecule has 0 fully saturated rings. The molecule has 0 atom stereocenters. The molecule has 0 unspecified atom stereocenters. The summed E-state index contributed by atoms with van der Waals surface area (Å²) < 4.78 is 1.72. The van der Waals surface area contributed by atoms with Crippen LogP contribution in [-0.2, 0) is 13.0 Å². The SMILES string of the molecule is CCCc1nc2sc(C)c(C)c2c(=O)n1Cc1ccc(C(=O)O)cc1. The van der Waals surface area contributed by atoms with Crippen LogP contribution in [0.1, 0.15) is 45.5 Å². The van der Waals surface area contributed by atoms with Gasteiger partial charge in [-0.3, -0.25) is 9.36 Å². The third-order valence-electron chi connectivity index (χ3n) is 4.38. The molecular weight excluding hydrogens is 336 g/mol. The minimum Gasteiger partial charge on any atom is -0.478 e. The molecule has 5 nitrogen and oxygen atoms in total. The van der Waals surface area contributed by atoms with Gasteiger partial charge >= 0.3 is 5.97 Å². The van der Waals surface area contributed by atoms with Gasteiger partial charge in [0.1, 0.15) is 10.7 Å². The van der Waals surface area contributed by atoms with Gasteiger partial charge in [-0.1, -0.05) is 19.1 Å². The summed E-state index contributed by atoms with van der Waals surface area (Å²) in [5, 5.41) is 9.71. The topological polar surface area (TPSA) is 72.2 Å². The molecule has 0 bridgehead atoms. The zero-order chi connectivity index (χ0) is 18.1. The lowest BCUT2D eigenvalue weighted by Gasteiger charge is -2.12. The second-order valence-electron chi connectivity index (χ2n) is 6.13. The van der Waals surface area contributed by atoms with E-state index in [1.54, 1.807) is 40.2 Å². The number of carboxylic acid groups (broad SMARTS) is 1. The van der Waals surface area contributed by atoms with Gasteiger partial charge in [0.25, 0.3) is 5.56 Å². The highest BCUT2D eigenvalue weighted by Gasteiger charge is 2.16. The minimum absolute atomic E-state index is 0.0161. The van der Waals surface area contributed by atoms with E-state index in [0.717, 1.165) is 39.5 Å². The molecule has 0 aliphatic heterocycles. The Hall–Kier alpha value is -2.47. The van der Waals surface area contributed by atoms with E-state index < -0.39 is 5.97 Å². The second-order valence-corrected chi connectivity index (χ2v) is 7.34. The number of aromatic nitrogens is 2. The summed E-state index contributed by atoms with van der Waals surface area (Å²) in [6, 6.07) is 6.63. The van der Waals surface area contributed by atoms with E-state index in [9.17, 15) is 9.59 Å². The van der Waals surface area contributed by atoms with Crippen molar-refractivity contribution in [1.82, 2.24) is 9.55 Å². The predicted molar refractivity (Wildman–Crippen MR) is 99.9 cm³/mol. The number of aromatic carboxylic acids is 1. The third-order valence-corrected chi connectivity index (χ3v) is 5.48. The van der Waals surface area contributed by atoms with Crippen molar-refractivity contribution in [3.63, 3.8) is 0 Å². The molecule has 0 aliphatic carbocycles. The lowest BCUT2D eigenvalue weighted by Crippen LogP contribution is -2.26. The van der Waals surface area contributed by atoms with Crippen molar-refractivity contribution < 1.29 is 9.90 Å². The zero-order valence-corrected chi connectivity index (χ0v) is 15.3. The van der Waals surface area contributed by atoms with E-state index in [1.165, 1.54) is 0 Å². The maximum Gasteiger partial charge on any atom is 0.335 e. The molecule has 3 aromatic rings. The van der Waals surface area contributed by atoms with Crippen LogP contribution in [-0.4, -0.2) is 20.6 Å². The van der Waals surface area contributed by atoms with Crippen LogP contribution in [0.5, 0.6) is 0 Å². The number of carbonyl (C=O) groups is 1. The van der Waals surface area contributed by atoms with Crippen molar-refractivity contribution in [3.8, 4) is 0 Å². The molecule has 3 rings (SSSR count). The number of rotatable bonds is 5. The summed E-state index contributed by atoms with van der Waals surface area (Å²) in [5.41, 5.74) is 2.10. The van der Waals surface area contributed by atoms with Gasteiger partial charge in [0.2, 0.25) is 0 Å². The van der Waals surface area contributed by atoms with Crippen molar-refractivity contribution in [2.75, 3.05) is 0 Å². The van der Waals surface area contributed by atoms with Crippen LogP contribution in [0.3, 0.4) is 0 Å². The van der Waals surface area contributed by atoms with Gasteiger partial charge in [0, 0.05) is 11.3 Å². The van der Waals surface area contributed by atoms with Crippen molar-refractivity contribution in [3.05, 3.63) is 62.0 Å². The van der Waals surface area contributed by atoms with E-state index in [0.29, 0.717) is 11.9 Å². The number of nitrogens with zero attached hydrogens (tertiary/aromatic N) is 2. The van der Waals surface area contributed by atoms with Gasteiger partial charge in [-0.05, 0) is 43.5 Å². The lowest BCUT2D eigenvalue weighted by molar-refractivity contribution is 0.0697. The molecule has 1 aromatic carbocycles. The molecule has 0 aliphatic rings. The summed E-state index contributed by atoms with van der Waals surface area (Å²) in [7, 11) is 0. The average Bonchev–Trinajstić information content (AvgIpc) is 2.86. The first kappa shape index (κ1) is 17.4. The number of hydrogen-bond acceptors (Lipinski definition) is 4. The summed E-state index contributed by atoms with van der Waals surface area (Å²) in [6.07, 6.45) is 1.63. The van der Waals surface area contributed by atoms with Gasteiger partial charge in [0.15, 0.2) is 0 Å². The Bertz CT molecular complexity index is 1000. The monoisotopic (exact) mass is 356 g/mol. The lowest BCUT2D eigenvalue weighted by atomic mass is 10.1. The molecule has 1 N–H and O–H groups in total. The molecule has 6 heteroatoms. The van der Waals surface area contributed by atoms with Crippen LogP contribution in [0, 0.1) is 13.8 Å². The van der Waals surface area contributed by atoms with Crippen molar-refractivity contribution in [2.45, 2.75) is 40.2 Å². The maximum atomic E-state index is 13.1. The normalized spacial score (nSPS) is 11.2. The van der Waals surface area contributed by atoms with Crippen LogP contribution < -0.4 is 5.56 Å². The van der Waals surface area contributed by atoms with E-state index in [2.05, 4.69) is 6.92 Å². The smallest absolute Gasteiger partial charge is 0.335 e. The number of carboxylic acids is 1. The van der Waals surface area contributed by atoms with Crippen molar-refractivity contribution in [2.24, 2.45) is 0 Å². The van der Waals surface area contributed by atoms with E-state index in [4.69, 9.17) is 10.1 Å². The predicted octanol–water partition coefficient (Wildman–Crippen LogP) is 3.77. The highest BCUT2D eigenvalue weighted by Crippen LogP contribution is 2.26. The highest BCUT2D eigenvalue weighted by atomic mass is 32.1. The largest absolute Gasteiger partial charge is 0.478 e. The van der Waals surface area contributed by atoms with Gasteiger partial charge in [-0.2, -0.15) is 0 Å². The fraction of sp³-hybridized carbons (Fsp3) is 0.316. The molecular formula is C19H20N2O3S. The first-order valence-corrected chi connectivity index (χ1v) is 9.05. The maximum absolute atomic E-state index is 13.1. The van der Waals surface area contributed by atoms with Crippen molar-refractivity contribution >= 4 is 27.5 Å². The Morgan fingerprint density at radius 1 is 1.24 bits per heavy atom. The molecule has 0 radical (unpaired) electrons. The summed E-state index contributed by atoms with van der Waals surface area (Å²) in [4.78, 5) is 30.7. The second kappa shape index (κ2) is 6.80. The Labute approximate surface area is 149 Å². The van der Waals surface area contributed by atoms with Gasteiger partial charge in [-0.25, -0.2) is 9.78 Å². The van der Waals surface area contributed by atoms with Crippen LogP contribution in [0.15, 0.2) is 29.1 Å². The van der Waals surface area contributed by atoms with Crippen LogP contribution in [0.2, 0.25) is 0 Å². The minimum atomic E-state index is -0.956. The van der Waals surface area contributed by atoms with E-state index >= 15 is 0 Å². The Morgan fingerprint density at radius 3 is 2.52 bits per heavy atom. The number of benzene rings is 1. The zero-order valence-electron chi connectivity index (χ0n) is 14.5. The fourth-order valence-electron chi connectivity index (χ4n) is 2.88. The number of aryl methyl sites for hydroxylation is 3. The van der Waals surface area contributed by atoms with E-state index in [1.807, 2.05) is 13.8 Å². The Kier molecular flexibility index (Phi) is 4.72. The molecule has 0 saturated carbocycles. The summed E-state index contributed by atoms with van der Waals surface area (Å²) in [6.45, 7) is 6.43. The molecule has 2 aromatic heterocycles. The van der Waals surface area contributed by atoms with Crippen LogP contribution in [0.4, 0.5) is 0 Å². The standard InChI is InChI=1S/C19H20N2O3S/c1-4-5-15-20-17-16(11(2)12(3)25-17)18(22)21(15)10-13-6-8-14(9-7-13)19(23)24/h6-9H,4-5,10H2,1-3H3,(H,23,24). The van der Waals surface area contributed by atoms with Gasteiger partial charge < -0.3 is 5.11 Å². The first-order chi connectivity index (χ1) is 11.9. The molecule has 0 spiro atoms. The highest BCUT2D eigenvalue weighted by molar-refractivity contribution is 7.18. The van der Waals surface area contributed by atoms with E-state index in [-0.39, 0.29) is 11.1 Å². The van der Waals surface area contributed by atoms with Gasteiger partial charge in [0.05, 0.1) is 17.5 Å². The molecule has 0 amide bonds. The third kappa shape index (κ3) is 3.22. The number of thiophene rings is 1. The molecule has 0 saturated heterocycles. The van der Waals surface area contributed by atoms with Crippen LogP contribution >= 0.6 is 11.3 Å². The fourth-order valence-corrected chi connectivity index (χ4v) is 3.92. The number of fused-ring (bicyclic) bond motifs is 1. The van der Waals surface area contributed by atoms with Crippen LogP contribution in [0.25, 0.3) is 10.2 Å². The van der Waals surface area contributed by atoms with Gasteiger partial charge in [-0.15, -0.1) is 11.3 Å². The quantitative estimate of drug-likeness (QED) is 0.755.